The van der Waals surface area contributed by atoms with E-state index >= 15 is 0 Å². The van der Waals surface area contributed by atoms with Crippen molar-refractivity contribution >= 4 is 124 Å². The predicted octanol–water partition coefficient (Wildman–Crippen LogP) is 13.1. The molecule has 6 heterocycles. The van der Waals surface area contributed by atoms with Crippen molar-refractivity contribution in [1.82, 2.24) is 47.2 Å². The fourth-order valence-electron chi connectivity index (χ4n) is 9.07. The van der Waals surface area contributed by atoms with Crippen molar-refractivity contribution in [2.24, 2.45) is 0 Å². The molecule has 5 aromatic carbocycles. The molecule has 0 fully saturated rings. The second-order valence-corrected chi connectivity index (χ2v) is 18.3. The molecule has 1 N–H and O–H groups in total. The summed E-state index contributed by atoms with van der Waals surface area (Å²) in [5.74, 6) is 2.25. The van der Waals surface area contributed by atoms with E-state index in [-0.39, 0.29) is 5.88 Å². The Kier molecular flexibility index (Phi) is 9.58. The Bertz CT molecular complexity index is 3560. The average Bonchev–Trinajstić information content (AvgIpc) is 4.10. The van der Waals surface area contributed by atoms with E-state index in [0.717, 1.165) is 74.3 Å². The Morgan fingerprint density at radius 3 is 1.61 bits per heavy atom. The number of nitrogens with one attached hydrogen (secondary N) is 1. The first-order valence-corrected chi connectivity index (χ1v) is 22.9. The molecule has 10 nitrogen and oxygen atoms in total. The van der Waals surface area contributed by atoms with Gasteiger partial charge in [0.25, 0.3) is 0 Å². The van der Waals surface area contributed by atoms with E-state index in [1.165, 1.54) is 5.56 Å². The lowest BCUT2D eigenvalue weighted by Crippen LogP contribution is -2.19. The number of alkyl halides is 3. The van der Waals surface area contributed by atoms with Crippen LogP contribution in [0.3, 0.4) is 0 Å². The van der Waals surface area contributed by atoms with Crippen LogP contribution in [-0.4, -0.2) is 53.1 Å². The Morgan fingerprint density at radius 1 is 0.581 bits per heavy atom. The third kappa shape index (κ3) is 5.85. The minimum Gasteiger partial charge on any atom is -0.324 e. The van der Waals surface area contributed by atoms with Crippen molar-refractivity contribution < 1.29 is 0 Å². The molecule has 4 aromatic heterocycles. The van der Waals surface area contributed by atoms with E-state index in [4.69, 9.17) is 81.3 Å². The minimum absolute atomic E-state index is 0.128. The number of hydrogen-bond acceptors (Lipinski definition) is 7. The van der Waals surface area contributed by atoms with Crippen LogP contribution >= 0.6 is 69.3 Å². The first-order valence-electron chi connectivity index (χ1n) is 20.3. The molecule has 2 aliphatic rings. The highest BCUT2D eigenvalue weighted by Crippen LogP contribution is 2.45. The topological polar surface area (TPSA) is 116 Å². The lowest BCUT2D eigenvalue weighted by molar-refractivity contribution is 0.831. The molecular weight excluding hydrogens is 973 g/mol. The Labute approximate surface area is 388 Å². The van der Waals surface area contributed by atoms with E-state index < -0.39 is 4.33 Å². The summed E-state index contributed by atoms with van der Waals surface area (Å²) in [6.45, 7) is 6.39. The number of halogens is 5. The van der Waals surface area contributed by atoms with Gasteiger partial charge in [0.15, 0.2) is 44.7 Å². The number of benzene rings is 5. The molecule has 0 radical (unpaired) electrons. The maximum atomic E-state index is 7.52. The average molecular weight is 1010 g/mol. The number of aromatic nitrogens is 10. The smallest absolute Gasteiger partial charge is 0.189 e. The van der Waals surface area contributed by atoms with Crippen LogP contribution in [0.5, 0.6) is 0 Å². The molecule has 62 heavy (non-hydrogen) atoms. The van der Waals surface area contributed by atoms with Crippen molar-refractivity contribution in [2.45, 2.75) is 44.4 Å². The molecule has 2 aliphatic heterocycles. The summed E-state index contributed by atoms with van der Waals surface area (Å²) in [5, 5.41) is 3.92. The third-order valence-corrected chi connectivity index (χ3v) is 14.4. The number of imidazole rings is 1. The summed E-state index contributed by atoms with van der Waals surface area (Å²) in [7, 11) is 0. The number of fused-ring (bicyclic) bond motifs is 21. The normalized spacial score (nSPS) is 12.5. The zero-order valence-corrected chi connectivity index (χ0v) is 38.6. The Balaban J connectivity index is 1.35. The standard InChI is InChI=1S/C47H33Cl4IN10/c1-4-23-24(5-2)35(49)37-36(25(23)6-3)53-46(47(50,51)22-48)61(37)33-21-13-20-32-34(33)43-57-39-27-15-8-10-17-29(27)41(55-39)60-45-31-19-12-11-18-30(31)44(62(45)52)59-40-28-16-9-7-14-26(28)38(54-40)56-42(32)58-43/h7-21H,4-6,22H2,1-3H3,(H,54,55,56,57,58,59,60). The highest BCUT2D eigenvalue weighted by atomic mass is 127. The summed E-state index contributed by atoms with van der Waals surface area (Å²) in [6.07, 6.45) is 2.25. The highest BCUT2D eigenvalue weighted by Gasteiger charge is 2.36. The minimum atomic E-state index is -1.60. The number of aryl methyl sites for hydroxylation is 1. The Hall–Kier alpha value is -5.18. The van der Waals surface area contributed by atoms with E-state index in [1.54, 1.807) is 0 Å². The number of rotatable bonds is 6. The van der Waals surface area contributed by atoms with Crippen molar-refractivity contribution in [1.29, 1.82) is 0 Å². The SMILES string of the molecule is CCc1c(CC)c(Cl)c2c(nc(C(Cl)(Cl)CCl)n2-c2cccc3c4nc5nc(nc6c7ccccc7c(nc7nc(nc([nH]4)c23)-c2ccccc2-7)n6I)-c2ccccc2-5)c1CC. The van der Waals surface area contributed by atoms with Gasteiger partial charge >= 0.3 is 0 Å². The van der Waals surface area contributed by atoms with Gasteiger partial charge in [0.2, 0.25) is 0 Å². The fraction of sp³-hybridized carbons (Fsp3) is 0.170. The second kappa shape index (κ2) is 15.0. The van der Waals surface area contributed by atoms with Crippen LogP contribution in [0.15, 0.2) is 91.0 Å². The molecule has 9 aromatic rings. The lowest BCUT2D eigenvalue weighted by Gasteiger charge is -2.20. The van der Waals surface area contributed by atoms with Gasteiger partial charge < -0.3 is 4.98 Å². The zero-order chi connectivity index (χ0) is 42.6. The van der Waals surface area contributed by atoms with Gasteiger partial charge in [-0.1, -0.05) is 141 Å². The number of aromatic amines is 1. The molecule has 8 bridgehead atoms. The summed E-state index contributed by atoms with van der Waals surface area (Å²) in [4.78, 5) is 40.2. The van der Waals surface area contributed by atoms with Crippen LogP contribution in [0.2, 0.25) is 5.02 Å². The molecule has 0 aliphatic carbocycles. The van der Waals surface area contributed by atoms with Gasteiger partial charge in [0.1, 0.15) is 11.3 Å². The monoisotopic (exact) mass is 1000 g/mol. The molecule has 0 unspecified atom stereocenters. The van der Waals surface area contributed by atoms with Crippen LogP contribution in [0.1, 0.15) is 43.3 Å². The summed E-state index contributed by atoms with van der Waals surface area (Å²) < 4.78 is 2.33. The van der Waals surface area contributed by atoms with Crippen molar-refractivity contribution in [2.75, 3.05) is 5.88 Å². The van der Waals surface area contributed by atoms with Crippen molar-refractivity contribution in [3.05, 3.63) is 119 Å². The van der Waals surface area contributed by atoms with Crippen LogP contribution in [0.4, 0.5) is 0 Å². The van der Waals surface area contributed by atoms with E-state index in [2.05, 4.69) is 60.8 Å². The van der Waals surface area contributed by atoms with Gasteiger partial charge in [-0.3, -0.25) is 4.57 Å². The van der Waals surface area contributed by atoms with Crippen LogP contribution in [-0.2, 0) is 23.6 Å². The molecule has 0 saturated heterocycles. The molecule has 306 valence electrons. The maximum absolute atomic E-state index is 7.52. The first kappa shape index (κ1) is 39.7. The number of H-pyrrole nitrogens is 1. The van der Waals surface area contributed by atoms with E-state index in [0.29, 0.717) is 73.3 Å². The van der Waals surface area contributed by atoms with E-state index in [9.17, 15) is 0 Å². The maximum Gasteiger partial charge on any atom is 0.189 e. The summed E-state index contributed by atoms with van der Waals surface area (Å²) >= 11 is 30.7. The van der Waals surface area contributed by atoms with Crippen molar-refractivity contribution in [3.63, 3.8) is 0 Å². The van der Waals surface area contributed by atoms with E-state index in [1.807, 2.05) is 86.2 Å². The van der Waals surface area contributed by atoms with Gasteiger partial charge in [-0.25, -0.2) is 37.7 Å². The predicted molar refractivity (Wildman–Crippen MR) is 261 cm³/mol. The summed E-state index contributed by atoms with van der Waals surface area (Å²) in [5.41, 5.74) is 11.2. The number of nitrogens with zero attached hydrogens (tertiary/aromatic N) is 9. The molecule has 11 rings (SSSR count). The molecule has 0 spiro atoms. The molecule has 0 atom stereocenters. The first-order chi connectivity index (χ1) is 30.1. The van der Waals surface area contributed by atoms with Gasteiger partial charge in [-0.05, 0) is 42.0 Å². The van der Waals surface area contributed by atoms with Crippen molar-refractivity contribution in [3.8, 4) is 51.2 Å². The largest absolute Gasteiger partial charge is 0.324 e. The molecule has 15 heteroatoms. The molecular formula is C47H33Cl4IN10. The second-order valence-electron chi connectivity index (χ2n) is 15.2. The van der Waals surface area contributed by atoms with Crippen LogP contribution < -0.4 is 0 Å². The van der Waals surface area contributed by atoms with Gasteiger partial charge in [0, 0.05) is 38.4 Å². The van der Waals surface area contributed by atoms with Gasteiger partial charge in [0.05, 0.1) is 55.9 Å². The summed E-state index contributed by atoms with van der Waals surface area (Å²) in [6, 6.07) is 30.1. The quantitative estimate of drug-likeness (QED) is 0.130. The van der Waals surface area contributed by atoms with Crippen LogP contribution in [0.25, 0.3) is 106 Å². The molecule has 0 amide bonds. The highest BCUT2D eigenvalue weighted by molar-refractivity contribution is 14.1. The fourth-order valence-corrected chi connectivity index (χ4v) is 10.6. The Morgan fingerprint density at radius 2 is 1.08 bits per heavy atom. The lowest BCUT2D eigenvalue weighted by atomic mass is 9.94. The molecule has 0 saturated carbocycles. The zero-order valence-electron chi connectivity index (χ0n) is 33.4. The van der Waals surface area contributed by atoms with Gasteiger partial charge in [-0.15, -0.1) is 11.6 Å². The van der Waals surface area contributed by atoms with Gasteiger partial charge in [-0.2, -0.15) is 0 Å². The third-order valence-electron chi connectivity index (χ3n) is 11.8. The van der Waals surface area contributed by atoms with Crippen LogP contribution in [0, 0.1) is 0 Å². The number of hydrogen-bond donors (Lipinski definition) is 1.